The van der Waals surface area contributed by atoms with Crippen LogP contribution in [0.5, 0.6) is 5.75 Å². The van der Waals surface area contributed by atoms with Crippen molar-refractivity contribution in [3.63, 3.8) is 0 Å². The Morgan fingerprint density at radius 3 is 2.64 bits per heavy atom. The number of aliphatic hydroxyl groups is 1. The molecule has 4 atom stereocenters. The van der Waals surface area contributed by atoms with Gasteiger partial charge in [-0.1, -0.05) is 43.5 Å². The molecule has 7 heteroatoms. The minimum absolute atomic E-state index is 0.0382. The number of nitrogens with zero attached hydrogens (tertiary/aromatic N) is 1. The van der Waals surface area contributed by atoms with E-state index in [-0.39, 0.29) is 23.5 Å². The van der Waals surface area contributed by atoms with Crippen LogP contribution in [0.25, 0.3) is 11.0 Å². The number of ether oxygens (including phenoxy) is 1. The van der Waals surface area contributed by atoms with Gasteiger partial charge in [0.2, 0.25) is 0 Å². The van der Waals surface area contributed by atoms with Crippen molar-refractivity contribution in [3.8, 4) is 5.75 Å². The fraction of sp³-hybridized carbons (Fsp3) is 0.500. The summed E-state index contributed by atoms with van der Waals surface area (Å²) >= 11 is 6.19. The molecular formula is C32H36ClNO5. The quantitative estimate of drug-likeness (QED) is 0.374. The molecule has 39 heavy (non-hydrogen) atoms. The van der Waals surface area contributed by atoms with Gasteiger partial charge in [0.25, 0.3) is 5.91 Å². The lowest BCUT2D eigenvalue weighted by Crippen LogP contribution is -2.58. The maximum absolute atomic E-state index is 14.1. The van der Waals surface area contributed by atoms with Gasteiger partial charge < -0.3 is 19.2 Å². The first-order valence-electron chi connectivity index (χ1n) is 14.4. The van der Waals surface area contributed by atoms with Gasteiger partial charge in [-0.05, 0) is 86.8 Å². The van der Waals surface area contributed by atoms with E-state index in [0.717, 1.165) is 73.4 Å². The fourth-order valence-corrected chi connectivity index (χ4v) is 7.28. The van der Waals surface area contributed by atoms with Crippen LogP contribution in [0.2, 0.25) is 5.02 Å². The van der Waals surface area contributed by atoms with Crippen molar-refractivity contribution in [3.05, 3.63) is 74.6 Å². The van der Waals surface area contributed by atoms with E-state index in [1.165, 1.54) is 0 Å². The van der Waals surface area contributed by atoms with Crippen LogP contribution in [0, 0.1) is 5.92 Å². The van der Waals surface area contributed by atoms with Crippen LogP contribution in [-0.4, -0.2) is 34.2 Å². The third kappa shape index (κ3) is 4.87. The van der Waals surface area contributed by atoms with Crippen molar-refractivity contribution in [1.29, 1.82) is 0 Å². The molecule has 1 amide bonds. The van der Waals surface area contributed by atoms with Crippen LogP contribution in [0.15, 0.2) is 51.7 Å². The smallest absolute Gasteiger partial charge is 0.339 e. The van der Waals surface area contributed by atoms with Gasteiger partial charge in [0.1, 0.15) is 11.3 Å². The maximum atomic E-state index is 14.1. The number of aryl methyl sites for hydroxylation is 1. The van der Waals surface area contributed by atoms with E-state index in [4.69, 9.17) is 20.8 Å². The molecule has 3 aliphatic rings. The van der Waals surface area contributed by atoms with Gasteiger partial charge in [0, 0.05) is 34.5 Å². The van der Waals surface area contributed by atoms with Crippen LogP contribution in [0.4, 0.5) is 0 Å². The van der Waals surface area contributed by atoms with Crippen molar-refractivity contribution in [1.82, 2.24) is 4.90 Å². The Kier molecular flexibility index (Phi) is 7.19. The molecule has 3 aromatic rings. The van der Waals surface area contributed by atoms with Crippen molar-refractivity contribution in [2.75, 3.05) is 6.54 Å². The molecule has 1 aromatic heterocycles. The molecule has 2 fully saturated rings. The molecular weight excluding hydrogens is 514 g/mol. The van der Waals surface area contributed by atoms with Gasteiger partial charge in [0.15, 0.2) is 6.10 Å². The second kappa shape index (κ2) is 10.6. The second-order valence-corrected chi connectivity index (χ2v) is 11.9. The number of rotatable bonds is 5. The Bertz CT molecular complexity index is 1430. The maximum Gasteiger partial charge on any atom is 0.339 e. The van der Waals surface area contributed by atoms with E-state index in [9.17, 15) is 14.7 Å². The third-order valence-corrected chi connectivity index (χ3v) is 9.43. The molecule has 1 N–H and O–H groups in total. The highest BCUT2D eigenvalue weighted by molar-refractivity contribution is 6.30. The van der Waals surface area contributed by atoms with E-state index in [1.54, 1.807) is 6.07 Å². The summed E-state index contributed by atoms with van der Waals surface area (Å²) in [6, 6.07) is 13.0. The van der Waals surface area contributed by atoms with Crippen LogP contribution in [0.1, 0.15) is 81.0 Å². The van der Waals surface area contributed by atoms with Gasteiger partial charge in [-0.25, -0.2) is 4.79 Å². The molecule has 1 saturated carbocycles. The molecule has 0 radical (unpaired) electrons. The average molecular weight is 550 g/mol. The zero-order valence-electron chi connectivity index (χ0n) is 22.5. The molecule has 2 aromatic carbocycles. The zero-order valence-corrected chi connectivity index (χ0v) is 23.2. The molecule has 6 rings (SSSR count). The molecule has 6 nitrogen and oxygen atoms in total. The van der Waals surface area contributed by atoms with Crippen molar-refractivity contribution in [2.24, 2.45) is 5.92 Å². The fourth-order valence-electron chi connectivity index (χ4n) is 7.16. The van der Waals surface area contributed by atoms with Gasteiger partial charge in [-0.3, -0.25) is 4.79 Å². The van der Waals surface area contributed by atoms with Gasteiger partial charge in [0.05, 0.1) is 11.6 Å². The Morgan fingerprint density at radius 1 is 1.10 bits per heavy atom. The molecule has 2 aliphatic carbocycles. The predicted molar refractivity (Wildman–Crippen MR) is 151 cm³/mol. The lowest BCUT2D eigenvalue weighted by atomic mass is 9.66. The Hall–Kier alpha value is -2.83. The minimum Gasteiger partial charge on any atom is -0.480 e. The number of benzene rings is 2. The summed E-state index contributed by atoms with van der Waals surface area (Å²) in [5, 5.41) is 13.2. The average Bonchev–Trinajstić information content (AvgIpc) is 2.95. The Labute approximate surface area is 233 Å². The number of hydrogen-bond acceptors (Lipinski definition) is 5. The first kappa shape index (κ1) is 26.4. The number of carbonyl (C=O) groups excluding carboxylic acids is 1. The van der Waals surface area contributed by atoms with Crippen molar-refractivity contribution in [2.45, 2.75) is 88.9 Å². The molecule has 0 unspecified atom stereocenters. The van der Waals surface area contributed by atoms with E-state index >= 15 is 0 Å². The Morgan fingerprint density at radius 2 is 1.87 bits per heavy atom. The number of halogens is 1. The zero-order chi connectivity index (χ0) is 27.1. The largest absolute Gasteiger partial charge is 0.480 e. The standard InChI is InChI=1S/C32H36ClNO5/c1-2-27(38-22-14-15-24-23-7-3-4-8-25(23)31(36)39-28(24)19-22)30(35)34-18-17-32(37)16-6-5-9-26(32)29(34)20-10-12-21(33)13-11-20/h10-15,19,26-27,29,37H,2-9,16-18H2,1H3/t26-,27+,29+,32-/m1/s1. The highest BCUT2D eigenvalue weighted by Gasteiger charge is 2.51. The highest BCUT2D eigenvalue weighted by Crippen LogP contribution is 2.49. The van der Waals surface area contributed by atoms with E-state index in [2.05, 4.69) is 0 Å². The van der Waals surface area contributed by atoms with Gasteiger partial charge >= 0.3 is 5.63 Å². The minimum atomic E-state index is -0.767. The molecule has 206 valence electrons. The van der Waals surface area contributed by atoms with Crippen LogP contribution in [0.3, 0.4) is 0 Å². The van der Waals surface area contributed by atoms with Crippen LogP contribution >= 0.6 is 11.6 Å². The molecule has 1 saturated heterocycles. The van der Waals surface area contributed by atoms with Crippen LogP contribution in [-0.2, 0) is 17.6 Å². The molecule has 0 bridgehead atoms. The molecule has 2 heterocycles. The predicted octanol–water partition coefficient (Wildman–Crippen LogP) is 6.38. The summed E-state index contributed by atoms with van der Waals surface area (Å²) in [5.41, 5.74) is 2.34. The number of amides is 1. The summed E-state index contributed by atoms with van der Waals surface area (Å²) < 4.78 is 12.0. The summed E-state index contributed by atoms with van der Waals surface area (Å²) in [6.45, 7) is 2.41. The molecule has 1 aliphatic heterocycles. The van der Waals surface area contributed by atoms with E-state index in [0.29, 0.717) is 35.7 Å². The number of piperidine rings is 1. The second-order valence-electron chi connectivity index (χ2n) is 11.5. The SMILES string of the molecule is CC[C@H](Oc1ccc2c3c(c(=O)oc2c1)CCCC3)C(=O)N1CC[C@]2(O)CCCC[C@@H]2[C@@H]1c1ccc(Cl)cc1. The lowest BCUT2D eigenvalue weighted by molar-refractivity contribution is -0.161. The van der Waals surface area contributed by atoms with Crippen LogP contribution < -0.4 is 10.4 Å². The number of likely N-dealkylation sites (tertiary alicyclic amines) is 1. The normalized spacial score (nSPS) is 25.6. The van der Waals surface area contributed by atoms with Crippen molar-refractivity contribution >= 4 is 28.5 Å². The first-order valence-corrected chi connectivity index (χ1v) is 14.8. The molecule has 0 spiro atoms. The van der Waals surface area contributed by atoms with E-state index in [1.807, 2.05) is 48.2 Å². The summed E-state index contributed by atoms with van der Waals surface area (Å²) in [7, 11) is 0. The van der Waals surface area contributed by atoms with Gasteiger partial charge in [-0.2, -0.15) is 0 Å². The Balaban J connectivity index is 1.30. The highest BCUT2D eigenvalue weighted by atomic mass is 35.5. The first-order chi connectivity index (χ1) is 18.9. The van der Waals surface area contributed by atoms with Crippen molar-refractivity contribution < 1.29 is 19.1 Å². The summed E-state index contributed by atoms with van der Waals surface area (Å²) in [4.78, 5) is 28.6. The topological polar surface area (TPSA) is 80.0 Å². The van der Waals surface area contributed by atoms with E-state index < -0.39 is 11.7 Å². The summed E-state index contributed by atoms with van der Waals surface area (Å²) in [5.74, 6) is 0.386. The van der Waals surface area contributed by atoms with Gasteiger partial charge in [-0.15, -0.1) is 0 Å². The number of carbonyl (C=O) groups is 1. The number of hydrogen-bond donors (Lipinski definition) is 1. The monoisotopic (exact) mass is 549 g/mol. The number of fused-ring (bicyclic) bond motifs is 4. The lowest BCUT2D eigenvalue weighted by Gasteiger charge is -2.53. The third-order valence-electron chi connectivity index (χ3n) is 9.18. The summed E-state index contributed by atoms with van der Waals surface area (Å²) in [6.07, 6.45) is 7.77.